The molecule has 0 aromatic heterocycles. The van der Waals surface area contributed by atoms with E-state index < -0.39 is 0 Å². The first-order valence-corrected chi connectivity index (χ1v) is 9.73. The molecule has 0 amide bonds. The van der Waals surface area contributed by atoms with E-state index >= 15 is 0 Å². The minimum Gasteiger partial charge on any atom is -0.426 e. The van der Waals surface area contributed by atoms with Crippen molar-refractivity contribution in [1.29, 1.82) is 0 Å². The summed E-state index contributed by atoms with van der Waals surface area (Å²) in [4.78, 5) is 11.6. The Bertz CT molecular complexity index is 437. The first-order chi connectivity index (χ1) is 11.8. The molecule has 0 saturated heterocycles. The van der Waals surface area contributed by atoms with Crippen LogP contribution in [0.25, 0.3) is 0 Å². The molecule has 1 rings (SSSR count). The molecule has 2 heteroatoms. The van der Waals surface area contributed by atoms with E-state index in [-0.39, 0.29) is 5.97 Å². The van der Waals surface area contributed by atoms with Crippen molar-refractivity contribution in [2.75, 3.05) is 0 Å². The predicted molar refractivity (Wildman–Crippen MR) is 102 cm³/mol. The van der Waals surface area contributed by atoms with E-state index in [1.54, 1.807) is 12.1 Å². The molecule has 134 valence electrons. The van der Waals surface area contributed by atoms with Crippen LogP contribution in [-0.4, -0.2) is 5.97 Å². The molecule has 2 nitrogen and oxygen atoms in total. The molecule has 0 saturated carbocycles. The molecule has 1 aromatic rings. The van der Waals surface area contributed by atoms with Crippen LogP contribution in [0.15, 0.2) is 42.5 Å². The number of ether oxygens (including phenoxy) is 1. The number of esters is 1. The first-order valence-electron chi connectivity index (χ1n) is 9.73. The number of carbonyl (C=O) groups excluding carboxylic acids is 1. The summed E-state index contributed by atoms with van der Waals surface area (Å²) in [5.74, 6) is 0.422. The summed E-state index contributed by atoms with van der Waals surface area (Å²) in [6, 6.07) is 9.23. The Morgan fingerprint density at radius 2 is 1.42 bits per heavy atom. The molecule has 1 aromatic carbocycles. The molecule has 0 aliphatic heterocycles. The molecule has 0 N–H and O–H groups in total. The van der Waals surface area contributed by atoms with Crippen LogP contribution >= 0.6 is 0 Å². The van der Waals surface area contributed by atoms with Crippen molar-refractivity contribution < 1.29 is 9.53 Å². The summed E-state index contributed by atoms with van der Waals surface area (Å²) < 4.78 is 5.23. The lowest BCUT2D eigenvalue weighted by molar-refractivity contribution is -0.133. The number of benzene rings is 1. The zero-order chi connectivity index (χ0) is 17.3. The maximum Gasteiger partial charge on any atom is 0.315 e. The zero-order valence-electron chi connectivity index (χ0n) is 15.3. The third-order valence-electron chi connectivity index (χ3n) is 4.15. The normalized spacial score (nSPS) is 11.0. The van der Waals surface area contributed by atoms with Crippen molar-refractivity contribution in [2.24, 2.45) is 0 Å². The number of hydrogen-bond donors (Lipinski definition) is 0. The van der Waals surface area contributed by atoms with Crippen LogP contribution in [0.4, 0.5) is 0 Å². The Labute approximate surface area is 148 Å². The second-order valence-corrected chi connectivity index (χ2v) is 6.43. The van der Waals surface area contributed by atoms with Crippen LogP contribution in [-0.2, 0) is 4.79 Å². The van der Waals surface area contributed by atoms with Gasteiger partial charge in [-0.05, 0) is 25.0 Å². The zero-order valence-corrected chi connectivity index (χ0v) is 15.3. The lowest BCUT2D eigenvalue weighted by Gasteiger charge is -2.02. The van der Waals surface area contributed by atoms with Crippen molar-refractivity contribution in [3.63, 3.8) is 0 Å². The smallest absolute Gasteiger partial charge is 0.315 e. The standard InChI is InChI=1S/C22H34O2/c1-2-3-4-5-6-7-8-9-10-11-12-13-17-20-22(23)24-21-18-15-14-16-19-21/h13-19H,2-12,20H2,1H3. The highest BCUT2D eigenvalue weighted by atomic mass is 16.5. The lowest BCUT2D eigenvalue weighted by Crippen LogP contribution is -2.05. The topological polar surface area (TPSA) is 26.3 Å². The molecule has 0 aliphatic carbocycles. The Balaban J connectivity index is 1.88. The molecule has 24 heavy (non-hydrogen) atoms. The maximum atomic E-state index is 11.6. The van der Waals surface area contributed by atoms with Crippen LogP contribution in [0.5, 0.6) is 5.75 Å². The number of rotatable bonds is 14. The minimum atomic E-state index is -0.194. The molecule has 0 spiro atoms. The second-order valence-electron chi connectivity index (χ2n) is 6.43. The van der Waals surface area contributed by atoms with Crippen molar-refractivity contribution in [3.8, 4) is 5.75 Å². The largest absolute Gasteiger partial charge is 0.426 e. The van der Waals surface area contributed by atoms with Gasteiger partial charge in [-0.25, -0.2) is 0 Å². The molecule has 0 radical (unpaired) electrons. The van der Waals surface area contributed by atoms with Crippen LogP contribution in [0, 0.1) is 0 Å². The monoisotopic (exact) mass is 330 g/mol. The Morgan fingerprint density at radius 3 is 2.04 bits per heavy atom. The number of hydrogen-bond acceptors (Lipinski definition) is 2. The SMILES string of the molecule is CCCCCCCCCCCCC=CCC(=O)Oc1ccccc1. The summed E-state index contributed by atoms with van der Waals surface area (Å²) in [6.07, 6.45) is 19.0. The third-order valence-corrected chi connectivity index (χ3v) is 4.15. The van der Waals surface area contributed by atoms with Gasteiger partial charge in [-0.2, -0.15) is 0 Å². The number of carbonyl (C=O) groups is 1. The van der Waals surface area contributed by atoms with Crippen molar-refractivity contribution in [3.05, 3.63) is 42.5 Å². The maximum absolute atomic E-state index is 11.6. The van der Waals surface area contributed by atoms with Gasteiger partial charge in [0.1, 0.15) is 5.75 Å². The van der Waals surface area contributed by atoms with Gasteiger partial charge in [-0.1, -0.05) is 95.1 Å². The van der Waals surface area contributed by atoms with E-state index in [2.05, 4.69) is 13.0 Å². The average molecular weight is 331 g/mol. The molecule has 0 fully saturated rings. The average Bonchev–Trinajstić information content (AvgIpc) is 2.60. The lowest BCUT2D eigenvalue weighted by atomic mass is 10.1. The first kappa shape index (κ1) is 20.5. The highest BCUT2D eigenvalue weighted by molar-refractivity contribution is 5.73. The van der Waals surface area contributed by atoms with E-state index in [0.29, 0.717) is 12.2 Å². The fourth-order valence-electron chi connectivity index (χ4n) is 2.71. The van der Waals surface area contributed by atoms with E-state index in [1.807, 2.05) is 24.3 Å². The number of para-hydroxylation sites is 1. The van der Waals surface area contributed by atoms with Gasteiger partial charge in [0, 0.05) is 0 Å². The Kier molecular flexibility index (Phi) is 12.8. The van der Waals surface area contributed by atoms with Gasteiger partial charge in [0.2, 0.25) is 0 Å². The highest BCUT2D eigenvalue weighted by Gasteiger charge is 2.00. The predicted octanol–water partition coefficient (Wildman–Crippen LogP) is 6.85. The van der Waals surface area contributed by atoms with Gasteiger partial charge in [-0.15, -0.1) is 0 Å². The van der Waals surface area contributed by atoms with E-state index in [4.69, 9.17) is 4.74 Å². The van der Waals surface area contributed by atoms with Gasteiger partial charge in [0.25, 0.3) is 0 Å². The minimum absolute atomic E-state index is 0.194. The van der Waals surface area contributed by atoms with Crippen LogP contribution in [0.3, 0.4) is 0 Å². The quantitative estimate of drug-likeness (QED) is 0.161. The Morgan fingerprint density at radius 1 is 0.833 bits per heavy atom. The molecule has 0 unspecified atom stereocenters. The summed E-state index contributed by atoms with van der Waals surface area (Å²) in [6.45, 7) is 2.26. The molecule has 0 bridgehead atoms. The molecule has 0 heterocycles. The van der Waals surface area contributed by atoms with Crippen molar-refractivity contribution in [2.45, 2.75) is 84.0 Å². The number of allylic oxidation sites excluding steroid dienone is 1. The van der Waals surface area contributed by atoms with Crippen LogP contribution in [0.2, 0.25) is 0 Å². The van der Waals surface area contributed by atoms with Gasteiger partial charge < -0.3 is 4.74 Å². The van der Waals surface area contributed by atoms with E-state index in [0.717, 1.165) is 6.42 Å². The fourth-order valence-corrected chi connectivity index (χ4v) is 2.71. The summed E-state index contributed by atoms with van der Waals surface area (Å²) >= 11 is 0. The van der Waals surface area contributed by atoms with Gasteiger partial charge in [0.05, 0.1) is 6.42 Å². The molecule has 0 aliphatic rings. The molecular weight excluding hydrogens is 296 g/mol. The van der Waals surface area contributed by atoms with Gasteiger partial charge in [0.15, 0.2) is 0 Å². The second kappa shape index (κ2) is 15.0. The van der Waals surface area contributed by atoms with Crippen molar-refractivity contribution in [1.82, 2.24) is 0 Å². The van der Waals surface area contributed by atoms with E-state index in [9.17, 15) is 4.79 Å². The van der Waals surface area contributed by atoms with Crippen molar-refractivity contribution >= 4 is 5.97 Å². The summed E-state index contributed by atoms with van der Waals surface area (Å²) in [7, 11) is 0. The highest BCUT2D eigenvalue weighted by Crippen LogP contribution is 2.12. The summed E-state index contributed by atoms with van der Waals surface area (Å²) in [5.41, 5.74) is 0. The van der Waals surface area contributed by atoms with Crippen LogP contribution < -0.4 is 4.74 Å². The van der Waals surface area contributed by atoms with Crippen LogP contribution in [0.1, 0.15) is 84.0 Å². The molecular formula is C22H34O2. The molecule has 0 atom stereocenters. The fraction of sp³-hybridized carbons (Fsp3) is 0.591. The van der Waals surface area contributed by atoms with E-state index in [1.165, 1.54) is 64.2 Å². The third kappa shape index (κ3) is 11.9. The van der Waals surface area contributed by atoms with Gasteiger partial charge in [-0.3, -0.25) is 4.79 Å². The van der Waals surface area contributed by atoms with Gasteiger partial charge >= 0.3 is 5.97 Å². The Hall–Kier alpha value is -1.57. The number of unbranched alkanes of at least 4 members (excludes halogenated alkanes) is 10. The summed E-state index contributed by atoms with van der Waals surface area (Å²) in [5, 5.41) is 0.